The van der Waals surface area contributed by atoms with Gasteiger partial charge in [-0.1, -0.05) is 25.8 Å². The van der Waals surface area contributed by atoms with E-state index in [1.807, 2.05) is 17.5 Å². The van der Waals surface area contributed by atoms with Crippen molar-refractivity contribution in [1.82, 2.24) is 0 Å². The molecule has 1 atom stereocenters. The van der Waals surface area contributed by atoms with Gasteiger partial charge in [0.25, 0.3) is 0 Å². The van der Waals surface area contributed by atoms with Gasteiger partial charge < -0.3 is 5.32 Å². The number of nitrogens with zero attached hydrogens (tertiary/aromatic N) is 1. The molecule has 3 nitrogen and oxygen atoms in total. The number of amides is 1. The predicted octanol–water partition coefficient (Wildman–Crippen LogP) is 4.77. The highest BCUT2D eigenvalue weighted by Crippen LogP contribution is 2.40. The Morgan fingerprint density at radius 3 is 3.09 bits per heavy atom. The molecule has 3 rings (SSSR count). The van der Waals surface area contributed by atoms with Crippen molar-refractivity contribution < 1.29 is 4.79 Å². The van der Waals surface area contributed by atoms with E-state index < -0.39 is 0 Å². The lowest BCUT2D eigenvalue weighted by atomic mass is 9.85. The molecule has 0 fully saturated rings. The minimum atomic E-state index is -0.0346. The Bertz CT molecular complexity index is 725. The Hall–Kier alpha value is -1.64. The van der Waals surface area contributed by atoms with Crippen molar-refractivity contribution in [2.45, 2.75) is 45.4 Å². The Morgan fingerprint density at radius 2 is 2.39 bits per heavy atom. The zero-order valence-corrected chi connectivity index (χ0v) is 14.9. The van der Waals surface area contributed by atoms with Gasteiger partial charge in [0.05, 0.1) is 12.0 Å². The van der Waals surface area contributed by atoms with Crippen LogP contribution in [0.1, 0.15) is 47.1 Å². The van der Waals surface area contributed by atoms with Crippen molar-refractivity contribution in [2.24, 2.45) is 5.92 Å². The van der Waals surface area contributed by atoms with Crippen LogP contribution in [-0.2, 0) is 24.1 Å². The summed E-state index contributed by atoms with van der Waals surface area (Å²) in [6.45, 7) is 2.22. The number of nitriles is 1. The lowest BCUT2D eigenvalue weighted by molar-refractivity contribution is -0.115. The summed E-state index contributed by atoms with van der Waals surface area (Å²) in [7, 11) is 0. The standard InChI is InChI=1S/C18H20N2OS2/c1-2-4-12-6-7-14-15(11-19)18(23-16(14)9-12)20-17(21)10-13-5-3-8-22-13/h3,5,8,12H,2,4,6-7,9-10H2,1H3,(H,20,21)/t12-/m0/s1. The van der Waals surface area contributed by atoms with E-state index in [1.165, 1.54) is 23.3 Å². The molecule has 5 heteroatoms. The van der Waals surface area contributed by atoms with E-state index in [1.54, 1.807) is 22.7 Å². The van der Waals surface area contributed by atoms with Gasteiger partial charge in [-0.05, 0) is 42.2 Å². The third-order valence-electron chi connectivity index (χ3n) is 4.34. The predicted molar refractivity (Wildman–Crippen MR) is 96.1 cm³/mol. The molecule has 0 aromatic carbocycles. The summed E-state index contributed by atoms with van der Waals surface area (Å²) in [5.41, 5.74) is 1.87. The first-order valence-electron chi connectivity index (χ1n) is 8.08. The molecular weight excluding hydrogens is 324 g/mol. The number of hydrogen-bond donors (Lipinski definition) is 1. The fourth-order valence-corrected chi connectivity index (χ4v) is 5.29. The highest BCUT2D eigenvalue weighted by molar-refractivity contribution is 7.16. The van der Waals surface area contributed by atoms with Crippen molar-refractivity contribution in [3.63, 3.8) is 0 Å². The summed E-state index contributed by atoms with van der Waals surface area (Å²) >= 11 is 3.19. The Labute approximate surface area is 145 Å². The minimum absolute atomic E-state index is 0.0346. The molecule has 0 bridgehead atoms. The van der Waals surface area contributed by atoms with E-state index >= 15 is 0 Å². The fourth-order valence-electron chi connectivity index (χ4n) is 3.26. The molecular formula is C18H20N2OS2. The van der Waals surface area contributed by atoms with Crippen LogP contribution >= 0.6 is 22.7 Å². The third kappa shape index (κ3) is 3.65. The van der Waals surface area contributed by atoms with Gasteiger partial charge in [0.15, 0.2) is 0 Å². The second-order valence-electron chi connectivity index (χ2n) is 6.02. The SMILES string of the molecule is CCC[C@H]1CCc2c(sc(NC(=O)Cc3cccs3)c2C#N)C1. The number of hydrogen-bond acceptors (Lipinski definition) is 4. The van der Waals surface area contributed by atoms with Gasteiger partial charge in [0, 0.05) is 9.75 Å². The summed E-state index contributed by atoms with van der Waals surface area (Å²) in [6.07, 6.45) is 6.03. The summed E-state index contributed by atoms with van der Waals surface area (Å²) in [6, 6.07) is 6.23. The topological polar surface area (TPSA) is 52.9 Å². The first-order valence-corrected chi connectivity index (χ1v) is 9.77. The Kier molecular flexibility index (Phi) is 5.14. The monoisotopic (exact) mass is 344 g/mol. The highest BCUT2D eigenvalue weighted by Gasteiger charge is 2.26. The van der Waals surface area contributed by atoms with Crippen LogP contribution in [0.15, 0.2) is 17.5 Å². The number of thiophene rings is 2. The number of carbonyl (C=O) groups excluding carboxylic acids is 1. The zero-order valence-electron chi connectivity index (χ0n) is 13.2. The summed E-state index contributed by atoms with van der Waals surface area (Å²) in [5, 5.41) is 15.2. The van der Waals surface area contributed by atoms with E-state index in [4.69, 9.17) is 0 Å². The Morgan fingerprint density at radius 1 is 1.52 bits per heavy atom. The zero-order chi connectivity index (χ0) is 16.2. The van der Waals surface area contributed by atoms with Crippen LogP contribution in [0.4, 0.5) is 5.00 Å². The average molecular weight is 345 g/mol. The van der Waals surface area contributed by atoms with Crippen molar-refractivity contribution in [2.75, 3.05) is 5.32 Å². The van der Waals surface area contributed by atoms with Crippen LogP contribution < -0.4 is 5.32 Å². The van der Waals surface area contributed by atoms with Crippen molar-refractivity contribution >= 4 is 33.6 Å². The van der Waals surface area contributed by atoms with Crippen molar-refractivity contribution in [3.8, 4) is 6.07 Å². The number of fused-ring (bicyclic) bond motifs is 1. The molecule has 1 aliphatic carbocycles. The van der Waals surface area contributed by atoms with Gasteiger partial charge in [0.1, 0.15) is 11.1 Å². The molecule has 0 spiro atoms. The average Bonchev–Trinajstić information content (AvgIpc) is 3.14. The van der Waals surface area contributed by atoms with Gasteiger partial charge in [0.2, 0.25) is 5.91 Å². The quantitative estimate of drug-likeness (QED) is 0.849. The molecule has 1 N–H and O–H groups in total. The molecule has 2 heterocycles. The molecule has 2 aromatic rings. The van der Waals surface area contributed by atoms with E-state index in [9.17, 15) is 10.1 Å². The van der Waals surface area contributed by atoms with E-state index in [0.29, 0.717) is 12.0 Å². The van der Waals surface area contributed by atoms with Crippen LogP contribution in [-0.4, -0.2) is 5.91 Å². The molecule has 0 unspecified atom stereocenters. The van der Waals surface area contributed by atoms with Crippen LogP contribution in [0.2, 0.25) is 0 Å². The van der Waals surface area contributed by atoms with Gasteiger partial charge in [-0.25, -0.2) is 0 Å². The lowest BCUT2D eigenvalue weighted by Gasteiger charge is -2.21. The van der Waals surface area contributed by atoms with Crippen LogP contribution in [0, 0.1) is 17.2 Å². The van der Waals surface area contributed by atoms with Gasteiger partial charge in [-0.2, -0.15) is 5.26 Å². The maximum atomic E-state index is 12.2. The molecule has 120 valence electrons. The molecule has 0 radical (unpaired) electrons. The maximum Gasteiger partial charge on any atom is 0.230 e. The second kappa shape index (κ2) is 7.29. The molecule has 1 aliphatic rings. The van der Waals surface area contributed by atoms with E-state index in [-0.39, 0.29) is 5.91 Å². The number of rotatable bonds is 5. The van der Waals surface area contributed by atoms with E-state index in [0.717, 1.165) is 35.1 Å². The molecule has 2 aromatic heterocycles. The molecule has 1 amide bonds. The first kappa shape index (κ1) is 16.2. The lowest BCUT2D eigenvalue weighted by Crippen LogP contribution is -2.14. The van der Waals surface area contributed by atoms with Crippen LogP contribution in [0.3, 0.4) is 0 Å². The number of anilines is 1. The highest BCUT2D eigenvalue weighted by atomic mass is 32.1. The number of nitrogens with one attached hydrogen (secondary N) is 1. The third-order valence-corrected chi connectivity index (χ3v) is 6.39. The van der Waals surface area contributed by atoms with Crippen LogP contribution in [0.25, 0.3) is 0 Å². The summed E-state index contributed by atoms with van der Waals surface area (Å²) in [4.78, 5) is 14.6. The second-order valence-corrected chi connectivity index (χ2v) is 8.16. The van der Waals surface area contributed by atoms with Gasteiger partial charge in [-0.15, -0.1) is 22.7 Å². The molecule has 23 heavy (non-hydrogen) atoms. The van der Waals surface area contributed by atoms with Gasteiger partial charge in [-0.3, -0.25) is 4.79 Å². The summed E-state index contributed by atoms with van der Waals surface area (Å²) < 4.78 is 0. The van der Waals surface area contributed by atoms with Crippen molar-refractivity contribution in [1.29, 1.82) is 5.26 Å². The normalized spacial score (nSPS) is 16.6. The minimum Gasteiger partial charge on any atom is -0.316 e. The first-order chi connectivity index (χ1) is 11.2. The van der Waals surface area contributed by atoms with Crippen molar-refractivity contribution in [3.05, 3.63) is 38.4 Å². The maximum absolute atomic E-state index is 12.2. The molecule has 0 saturated heterocycles. The fraction of sp³-hybridized carbons (Fsp3) is 0.444. The molecule has 0 aliphatic heterocycles. The summed E-state index contributed by atoms with van der Waals surface area (Å²) in [5.74, 6) is 0.694. The van der Waals surface area contributed by atoms with Crippen LogP contribution in [0.5, 0.6) is 0 Å². The smallest absolute Gasteiger partial charge is 0.230 e. The largest absolute Gasteiger partial charge is 0.316 e. The number of carbonyl (C=O) groups is 1. The van der Waals surface area contributed by atoms with Gasteiger partial charge >= 0.3 is 0 Å². The Balaban J connectivity index is 1.75. The molecule has 0 saturated carbocycles. The van der Waals surface area contributed by atoms with E-state index in [2.05, 4.69) is 18.3 Å².